The molecule has 18 heavy (non-hydrogen) atoms. The van der Waals surface area contributed by atoms with Crippen molar-refractivity contribution in [2.45, 2.75) is 32.3 Å². The van der Waals surface area contributed by atoms with Crippen LogP contribution in [-0.2, 0) is 0 Å². The van der Waals surface area contributed by atoms with E-state index in [1.807, 2.05) is 24.3 Å². The summed E-state index contributed by atoms with van der Waals surface area (Å²) in [6.07, 6.45) is 3.00. The second-order valence-electron chi connectivity index (χ2n) is 5.35. The van der Waals surface area contributed by atoms with Gasteiger partial charge in [-0.05, 0) is 42.5 Å². The summed E-state index contributed by atoms with van der Waals surface area (Å²) >= 11 is 5.95. The standard InChI is InChI=1S/C15H17ClO2/c1-9-3-2-4-12(9)15(17)14-8-10-7-11(16)5-6-13(10)18-14/h5-9,12,15,17H,2-4H2,1H3. The number of rotatable bonds is 2. The number of aliphatic hydroxyl groups is 1. The van der Waals surface area contributed by atoms with Crippen molar-refractivity contribution in [3.63, 3.8) is 0 Å². The third-order valence-corrected chi connectivity index (χ3v) is 4.36. The van der Waals surface area contributed by atoms with Gasteiger partial charge < -0.3 is 9.52 Å². The van der Waals surface area contributed by atoms with Gasteiger partial charge in [0.05, 0.1) is 0 Å². The predicted molar refractivity (Wildman–Crippen MR) is 72.7 cm³/mol. The molecule has 1 aromatic heterocycles. The molecule has 3 heteroatoms. The molecule has 3 atom stereocenters. The first kappa shape index (κ1) is 12.1. The van der Waals surface area contributed by atoms with E-state index in [9.17, 15) is 5.11 Å². The Morgan fingerprint density at radius 3 is 2.89 bits per heavy atom. The van der Waals surface area contributed by atoms with Crippen molar-refractivity contribution in [2.24, 2.45) is 11.8 Å². The minimum Gasteiger partial charge on any atom is -0.458 e. The van der Waals surface area contributed by atoms with E-state index in [-0.39, 0.29) is 0 Å². The Labute approximate surface area is 112 Å². The Morgan fingerprint density at radius 1 is 1.33 bits per heavy atom. The van der Waals surface area contributed by atoms with E-state index in [1.54, 1.807) is 0 Å². The maximum absolute atomic E-state index is 10.4. The highest BCUT2D eigenvalue weighted by atomic mass is 35.5. The van der Waals surface area contributed by atoms with Gasteiger partial charge in [0, 0.05) is 10.4 Å². The van der Waals surface area contributed by atoms with Gasteiger partial charge in [-0.1, -0.05) is 31.4 Å². The van der Waals surface area contributed by atoms with E-state index in [0.29, 0.717) is 22.6 Å². The van der Waals surface area contributed by atoms with Crippen molar-refractivity contribution in [3.8, 4) is 0 Å². The lowest BCUT2D eigenvalue weighted by atomic mass is 9.91. The molecule has 1 heterocycles. The number of hydrogen-bond acceptors (Lipinski definition) is 2. The summed E-state index contributed by atoms with van der Waals surface area (Å²) in [5, 5.41) is 12.1. The molecule has 1 saturated carbocycles. The van der Waals surface area contributed by atoms with Crippen LogP contribution in [0.15, 0.2) is 28.7 Å². The number of fused-ring (bicyclic) bond motifs is 1. The normalized spacial score (nSPS) is 25.7. The van der Waals surface area contributed by atoms with Gasteiger partial charge in [-0.2, -0.15) is 0 Å². The van der Waals surface area contributed by atoms with Crippen LogP contribution in [-0.4, -0.2) is 5.11 Å². The van der Waals surface area contributed by atoms with Crippen molar-refractivity contribution in [2.75, 3.05) is 0 Å². The van der Waals surface area contributed by atoms with E-state index < -0.39 is 6.10 Å². The van der Waals surface area contributed by atoms with Gasteiger partial charge in [0.25, 0.3) is 0 Å². The van der Waals surface area contributed by atoms with Crippen molar-refractivity contribution in [3.05, 3.63) is 35.0 Å². The minimum absolute atomic E-state index is 0.320. The molecule has 0 amide bonds. The van der Waals surface area contributed by atoms with Crippen molar-refractivity contribution >= 4 is 22.6 Å². The lowest BCUT2D eigenvalue weighted by Gasteiger charge is -2.20. The van der Waals surface area contributed by atoms with Gasteiger partial charge in [0.1, 0.15) is 17.4 Å². The van der Waals surface area contributed by atoms with Gasteiger partial charge in [-0.25, -0.2) is 0 Å². The Morgan fingerprint density at radius 2 is 2.17 bits per heavy atom. The summed E-state index contributed by atoms with van der Waals surface area (Å²) in [5.74, 6) is 1.56. The summed E-state index contributed by atoms with van der Waals surface area (Å²) in [4.78, 5) is 0. The molecular formula is C15H17ClO2. The highest BCUT2D eigenvalue weighted by Crippen LogP contribution is 2.41. The zero-order valence-electron chi connectivity index (χ0n) is 10.4. The molecule has 0 spiro atoms. The van der Waals surface area contributed by atoms with Crippen LogP contribution >= 0.6 is 11.6 Å². The number of halogens is 1. The van der Waals surface area contributed by atoms with Crippen LogP contribution in [0.2, 0.25) is 5.02 Å². The molecule has 1 aliphatic carbocycles. The average molecular weight is 265 g/mol. The van der Waals surface area contributed by atoms with Crippen molar-refractivity contribution < 1.29 is 9.52 Å². The smallest absolute Gasteiger partial charge is 0.134 e. The molecule has 2 aromatic rings. The fourth-order valence-electron chi connectivity index (χ4n) is 3.03. The fraction of sp³-hybridized carbons (Fsp3) is 0.467. The highest BCUT2D eigenvalue weighted by Gasteiger charge is 2.32. The predicted octanol–water partition coefficient (Wildman–Crippen LogP) is 4.56. The number of hydrogen-bond donors (Lipinski definition) is 1. The molecule has 0 saturated heterocycles. The summed E-state index contributed by atoms with van der Waals surface area (Å²) in [7, 11) is 0. The maximum atomic E-state index is 10.4. The second-order valence-corrected chi connectivity index (χ2v) is 5.78. The first-order valence-corrected chi connectivity index (χ1v) is 6.90. The monoisotopic (exact) mass is 264 g/mol. The molecule has 0 radical (unpaired) electrons. The van der Waals surface area contributed by atoms with E-state index in [0.717, 1.165) is 17.4 Å². The molecule has 1 N–H and O–H groups in total. The van der Waals surface area contributed by atoms with E-state index in [1.165, 1.54) is 12.8 Å². The van der Waals surface area contributed by atoms with Gasteiger partial charge in [0.2, 0.25) is 0 Å². The van der Waals surface area contributed by atoms with Gasteiger partial charge >= 0.3 is 0 Å². The molecule has 3 unspecified atom stereocenters. The third-order valence-electron chi connectivity index (χ3n) is 4.12. The fourth-order valence-corrected chi connectivity index (χ4v) is 3.22. The van der Waals surface area contributed by atoms with Crippen LogP contribution in [0.1, 0.15) is 38.1 Å². The lowest BCUT2D eigenvalue weighted by Crippen LogP contribution is -2.14. The zero-order chi connectivity index (χ0) is 12.7. The average Bonchev–Trinajstić information content (AvgIpc) is 2.93. The molecular weight excluding hydrogens is 248 g/mol. The minimum atomic E-state index is -0.492. The van der Waals surface area contributed by atoms with Crippen LogP contribution in [0, 0.1) is 11.8 Å². The van der Waals surface area contributed by atoms with Crippen LogP contribution in [0.25, 0.3) is 11.0 Å². The molecule has 0 bridgehead atoms. The molecule has 3 rings (SSSR count). The quantitative estimate of drug-likeness (QED) is 0.863. The van der Waals surface area contributed by atoms with Crippen LogP contribution in [0.5, 0.6) is 0 Å². The first-order chi connectivity index (χ1) is 8.65. The van der Waals surface area contributed by atoms with E-state index >= 15 is 0 Å². The topological polar surface area (TPSA) is 33.4 Å². The maximum Gasteiger partial charge on any atom is 0.134 e. The van der Waals surface area contributed by atoms with Crippen LogP contribution in [0.4, 0.5) is 0 Å². The Kier molecular flexibility index (Phi) is 3.08. The molecule has 2 nitrogen and oxygen atoms in total. The van der Waals surface area contributed by atoms with Crippen molar-refractivity contribution in [1.82, 2.24) is 0 Å². The van der Waals surface area contributed by atoms with Gasteiger partial charge in [0.15, 0.2) is 0 Å². The summed E-state index contributed by atoms with van der Waals surface area (Å²) < 4.78 is 5.74. The summed E-state index contributed by atoms with van der Waals surface area (Å²) in [6.45, 7) is 2.21. The number of furan rings is 1. The summed E-state index contributed by atoms with van der Waals surface area (Å²) in [6, 6.07) is 7.44. The van der Waals surface area contributed by atoms with Crippen LogP contribution in [0.3, 0.4) is 0 Å². The molecule has 1 fully saturated rings. The summed E-state index contributed by atoms with van der Waals surface area (Å²) in [5.41, 5.74) is 0.791. The molecule has 0 aliphatic heterocycles. The molecule has 1 aromatic carbocycles. The van der Waals surface area contributed by atoms with Crippen LogP contribution < -0.4 is 0 Å². The van der Waals surface area contributed by atoms with E-state index in [2.05, 4.69) is 6.92 Å². The second kappa shape index (κ2) is 4.60. The van der Waals surface area contributed by atoms with Crippen molar-refractivity contribution in [1.29, 1.82) is 0 Å². The van der Waals surface area contributed by atoms with Gasteiger partial charge in [-0.15, -0.1) is 0 Å². The SMILES string of the molecule is CC1CCCC1C(O)c1cc2cc(Cl)ccc2o1. The largest absolute Gasteiger partial charge is 0.458 e. The molecule has 96 valence electrons. The Bertz CT molecular complexity index is 561. The molecule has 1 aliphatic rings. The highest BCUT2D eigenvalue weighted by molar-refractivity contribution is 6.31. The first-order valence-electron chi connectivity index (χ1n) is 6.52. The Balaban J connectivity index is 1.93. The zero-order valence-corrected chi connectivity index (χ0v) is 11.2. The lowest BCUT2D eigenvalue weighted by molar-refractivity contribution is 0.0711. The number of benzene rings is 1. The van der Waals surface area contributed by atoms with E-state index in [4.69, 9.17) is 16.0 Å². The third kappa shape index (κ3) is 2.04. The Hall–Kier alpha value is -0.990. The van der Waals surface area contributed by atoms with Gasteiger partial charge in [-0.3, -0.25) is 0 Å². The number of aliphatic hydroxyl groups excluding tert-OH is 1.